The van der Waals surface area contributed by atoms with Crippen LogP contribution in [0.5, 0.6) is 0 Å². The molecule has 2 aliphatic rings. The molecule has 0 aliphatic carbocycles. The Morgan fingerprint density at radius 2 is 1.27 bits per heavy atom. The van der Waals surface area contributed by atoms with Crippen molar-refractivity contribution < 1.29 is 38.2 Å². The zero-order chi connectivity index (χ0) is 40.5. The second-order valence-corrected chi connectivity index (χ2v) is 16.0. The Labute approximate surface area is 332 Å². The van der Waals surface area contributed by atoms with Gasteiger partial charge in [0, 0.05) is 26.1 Å². The van der Waals surface area contributed by atoms with E-state index < -0.39 is 53.4 Å². The Balaban J connectivity index is 1.48. The van der Waals surface area contributed by atoms with E-state index in [-0.39, 0.29) is 30.6 Å². The number of rotatable bonds is 24. The van der Waals surface area contributed by atoms with Crippen molar-refractivity contribution in [3.63, 3.8) is 0 Å². The van der Waals surface area contributed by atoms with Crippen LogP contribution >= 0.6 is 0 Å². The number of hydrogen-bond acceptors (Lipinski definition) is 9. The molecule has 0 bridgehead atoms. The molecular formula is C43H63N5O8. The molecule has 2 fully saturated rings. The highest BCUT2D eigenvalue weighted by atomic mass is 16.6. The summed E-state index contributed by atoms with van der Waals surface area (Å²) in [4.78, 5) is 70.9. The zero-order valence-electron chi connectivity index (χ0n) is 33.9. The fraction of sp³-hybridized carbons (Fsp3) is 0.605. The standard InChI is InChI=1S/C43H63N5O8/c1-30(2)16-18-35(41(52)47-37(27-33-14-10-7-11-15-33)42(53)46-36(26-31(3)4)39(50)43(5)29-56-43)45-40(51)34(19-17-32-12-8-6-9-13-32)44-38(49)28-55-25-22-48-20-23-54-24-21-48/h6-15,30-31,34-37H,16-29H2,1-5H3,(H,44,49)(H,45,51)(H,46,53)(H,47,52)/t34-,35-,36?,37-,43+/m0/s1. The minimum atomic E-state index is -1.04. The van der Waals surface area contributed by atoms with E-state index in [4.69, 9.17) is 14.2 Å². The topological polar surface area (TPSA) is 168 Å². The summed E-state index contributed by atoms with van der Waals surface area (Å²) in [7, 11) is 0. The van der Waals surface area contributed by atoms with Gasteiger partial charge in [-0.3, -0.25) is 28.9 Å². The van der Waals surface area contributed by atoms with Gasteiger partial charge in [-0.15, -0.1) is 0 Å². The number of nitrogens with zero attached hydrogens (tertiary/aromatic N) is 1. The summed E-state index contributed by atoms with van der Waals surface area (Å²) in [5, 5.41) is 11.6. The van der Waals surface area contributed by atoms with Gasteiger partial charge in [0.25, 0.3) is 0 Å². The van der Waals surface area contributed by atoms with Gasteiger partial charge in [0.2, 0.25) is 23.6 Å². The molecule has 4 amide bonds. The van der Waals surface area contributed by atoms with Crippen LogP contribution in [0.3, 0.4) is 0 Å². The van der Waals surface area contributed by atoms with Crippen LogP contribution in [0.2, 0.25) is 0 Å². The van der Waals surface area contributed by atoms with Crippen LogP contribution in [0.15, 0.2) is 60.7 Å². The third-order valence-electron chi connectivity index (χ3n) is 10.1. The number of ketones is 1. The Bertz CT molecular complexity index is 1550. The molecule has 0 saturated carbocycles. The highest BCUT2D eigenvalue weighted by molar-refractivity contribution is 5.98. The second kappa shape index (κ2) is 22.5. The Morgan fingerprint density at radius 1 is 0.714 bits per heavy atom. The number of morpholine rings is 1. The molecule has 4 N–H and O–H groups in total. The summed E-state index contributed by atoms with van der Waals surface area (Å²) < 4.78 is 16.5. The first-order valence-corrected chi connectivity index (χ1v) is 20.2. The summed E-state index contributed by atoms with van der Waals surface area (Å²) in [5.74, 6) is -1.82. The summed E-state index contributed by atoms with van der Waals surface area (Å²) in [6.45, 7) is 13.8. The van der Waals surface area contributed by atoms with Gasteiger partial charge in [-0.05, 0) is 62.0 Å². The summed E-state index contributed by atoms with van der Waals surface area (Å²) in [6, 6.07) is 15.2. The van der Waals surface area contributed by atoms with Crippen LogP contribution in [-0.2, 0) is 51.0 Å². The molecule has 13 heteroatoms. The minimum Gasteiger partial charge on any atom is -0.379 e. The summed E-state index contributed by atoms with van der Waals surface area (Å²) in [5.41, 5.74) is 0.885. The predicted molar refractivity (Wildman–Crippen MR) is 214 cm³/mol. The maximum absolute atomic E-state index is 14.2. The number of carbonyl (C=O) groups is 5. The monoisotopic (exact) mass is 777 g/mol. The Morgan fingerprint density at radius 3 is 1.86 bits per heavy atom. The molecule has 0 spiro atoms. The van der Waals surface area contributed by atoms with Gasteiger partial charge in [-0.1, -0.05) is 88.4 Å². The molecule has 5 atom stereocenters. The molecular weight excluding hydrogens is 714 g/mol. The molecule has 2 aromatic rings. The van der Waals surface area contributed by atoms with E-state index in [1.807, 2.05) is 88.4 Å². The van der Waals surface area contributed by atoms with Crippen molar-refractivity contribution >= 4 is 29.4 Å². The average molecular weight is 778 g/mol. The number of amides is 4. The van der Waals surface area contributed by atoms with Gasteiger partial charge >= 0.3 is 0 Å². The molecule has 0 aromatic heterocycles. The molecule has 2 saturated heterocycles. The minimum absolute atomic E-state index is 0.112. The van der Waals surface area contributed by atoms with E-state index in [2.05, 4.69) is 26.2 Å². The fourth-order valence-corrected chi connectivity index (χ4v) is 6.61. The van der Waals surface area contributed by atoms with Crippen LogP contribution in [0.25, 0.3) is 0 Å². The van der Waals surface area contributed by atoms with Crippen molar-refractivity contribution in [2.75, 3.05) is 52.7 Å². The normalized spacial score (nSPS) is 19.1. The van der Waals surface area contributed by atoms with Gasteiger partial charge in [-0.2, -0.15) is 0 Å². The lowest BCUT2D eigenvalue weighted by Crippen LogP contribution is -2.59. The van der Waals surface area contributed by atoms with Gasteiger partial charge < -0.3 is 35.5 Å². The first kappa shape index (κ1) is 44.5. The largest absolute Gasteiger partial charge is 0.379 e. The van der Waals surface area contributed by atoms with E-state index >= 15 is 0 Å². The number of hydrogen-bond donors (Lipinski definition) is 4. The van der Waals surface area contributed by atoms with Gasteiger partial charge in [-0.25, -0.2) is 0 Å². The molecule has 2 aromatic carbocycles. The molecule has 0 radical (unpaired) electrons. The van der Waals surface area contributed by atoms with Crippen molar-refractivity contribution in [3.8, 4) is 0 Å². The number of Topliss-reactive ketones (excluding diaryl/α,β-unsaturated/α-hetero) is 1. The van der Waals surface area contributed by atoms with Gasteiger partial charge in [0.15, 0.2) is 5.78 Å². The quantitative estimate of drug-likeness (QED) is 0.0926. The highest BCUT2D eigenvalue weighted by Crippen LogP contribution is 2.29. The van der Waals surface area contributed by atoms with E-state index in [0.29, 0.717) is 65.1 Å². The Kier molecular flexibility index (Phi) is 17.9. The number of aryl methyl sites for hydroxylation is 1. The lowest BCUT2D eigenvalue weighted by molar-refractivity contribution is -0.135. The number of carbonyl (C=O) groups excluding carboxylic acids is 5. The third kappa shape index (κ3) is 15.4. The van der Waals surface area contributed by atoms with Crippen LogP contribution < -0.4 is 21.3 Å². The number of nitrogens with one attached hydrogen (secondary N) is 4. The van der Waals surface area contributed by atoms with E-state index in [9.17, 15) is 24.0 Å². The van der Waals surface area contributed by atoms with Crippen molar-refractivity contribution in [3.05, 3.63) is 71.8 Å². The lowest BCUT2D eigenvalue weighted by atomic mass is 9.93. The molecule has 4 rings (SSSR count). The molecule has 2 heterocycles. The van der Waals surface area contributed by atoms with Crippen molar-refractivity contribution in [1.82, 2.24) is 26.2 Å². The maximum atomic E-state index is 14.2. The average Bonchev–Trinajstić information content (AvgIpc) is 3.94. The summed E-state index contributed by atoms with van der Waals surface area (Å²) >= 11 is 0. The lowest BCUT2D eigenvalue weighted by Gasteiger charge is -2.28. The maximum Gasteiger partial charge on any atom is 0.246 e. The van der Waals surface area contributed by atoms with Crippen LogP contribution in [-0.4, -0.2) is 117 Å². The van der Waals surface area contributed by atoms with Crippen molar-refractivity contribution in [2.45, 2.75) is 103 Å². The number of benzene rings is 2. The molecule has 2 aliphatic heterocycles. The highest BCUT2D eigenvalue weighted by Gasteiger charge is 2.50. The molecule has 308 valence electrons. The van der Waals surface area contributed by atoms with E-state index in [0.717, 1.165) is 24.2 Å². The van der Waals surface area contributed by atoms with Crippen LogP contribution in [0.4, 0.5) is 0 Å². The van der Waals surface area contributed by atoms with Crippen LogP contribution in [0, 0.1) is 11.8 Å². The van der Waals surface area contributed by atoms with E-state index in [1.165, 1.54) is 0 Å². The first-order valence-electron chi connectivity index (χ1n) is 20.2. The van der Waals surface area contributed by atoms with Crippen molar-refractivity contribution in [1.29, 1.82) is 0 Å². The molecule has 1 unspecified atom stereocenters. The smallest absolute Gasteiger partial charge is 0.246 e. The SMILES string of the molecule is CC(C)CC[C@H](NC(=O)[C@H](CCc1ccccc1)NC(=O)COCCN1CCOCC1)C(=O)N[C@@H](Cc1ccccc1)C(=O)NC(CC(C)C)C(=O)[C@@]1(C)CO1. The van der Waals surface area contributed by atoms with E-state index in [1.54, 1.807) is 6.92 Å². The van der Waals surface area contributed by atoms with Gasteiger partial charge in [0.1, 0.15) is 30.3 Å². The summed E-state index contributed by atoms with van der Waals surface area (Å²) in [6.07, 6.45) is 2.32. The molecule has 13 nitrogen and oxygen atoms in total. The second-order valence-electron chi connectivity index (χ2n) is 16.0. The zero-order valence-corrected chi connectivity index (χ0v) is 33.9. The Hall–Kier alpha value is -4.17. The first-order chi connectivity index (χ1) is 26.8. The van der Waals surface area contributed by atoms with Gasteiger partial charge in [0.05, 0.1) is 32.5 Å². The number of epoxide rings is 1. The third-order valence-corrected chi connectivity index (χ3v) is 10.1. The molecule has 56 heavy (non-hydrogen) atoms. The fourth-order valence-electron chi connectivity index (χ4n) is 6.61. The number of ether oxygens (including phenoxy) is 3. The van der Waals surface area contributed by atoms with Crippen molar-refractivity contribution in [2.24, 2.45) is 11.8 Å². The van der Waals surface area contributed by atoms with Crippen LogP contribution in [0.1, 0.15) is 71.4 Å². The predicted octanol–water partition coefficient (Wildman–Crippen LogP) is 2.99.